The molecule has 0 aliphatic heterocycles. The van der Waals surface area contributed by atoms with Gasteiger partial charge in [0.25, 0.3) is 0 Å². The third kappa shape index (κ3) is 4.38. The second-order valence-electron chi connectivity index (χ2n) is 5.27. The van der Waals surface area contributed by atoms with Gasteiger partial charge in [-0.1, -0.05) is 35.3 Å². The maximum atomic E-state index is 13.5. The minimum atomic E-state index is -0.480. The highest BCUT2D eigenvalue weighted by Crippen LogP contribution is 2.30. The maximum absolute atomic E-state index is 13.5. The number of hydrogen-bond donors (Lipinski definition) is 1. The molecule has 0 aliphatic carbocycles. The normalized spacial score (nSPS) is 10.7. The van der Waals surface area contributed by atoms with E-state index in [9.17, 15) is 9.18 Å². The van der Waals surface area contributed by atoms with E-state index in [0.717, 1.165) is 0 Å². The largest absolute Gasteiger partial charge is 0.441 e. The highest BCUT2D eigenvalue weighted by molar-refractivity contribution is 6.36. The number of nitrogens with one attached hydrogen (secondary N) is 1. The van der Waals surface area contributed by atoms with E-state index in [1.54, 1.807) is 36.5 Å². The molecule has 4 nitrogen and oxygen atoms in total. The Hall–Kier alpha value is -2.37. The highest BCUT2D eigenvalue weighted by Gasteiger charge is 2.12. The van der Waals surface area contributed by atoms with Crippen molar-refractivity contribution in [3.8, 4) is 11.3 Å². The number of amides is 1. The maximum Gasteiger partial charge on any atom is 0.224 e. The van der Waals surface area contributed by atoms with Crippen molar-refractivity contribution >= 4 is 34.8 Å². The van der Waals surface area contributed by atoms with E-state index in [-0.39, 0.29) is 24.4 Å². The summed E-state index contributed by atoms with van der Waals surface area (Å²) in [5, 5.41) is 3.49. The van der Waals surface area contributed by atoms with Crippen LogP contribution in [0.5, 0.6) is 0 Å². The Morgan fingerprint density at radius 3 is 2.76 bits per heavy atom. The topological polar surface area (TPSA) is 55.1 Å². The molecule has 3 aromatic rings. The van der Waals surface area contributed by atoms with Gasteiger partial charge in [-0.15, -0.1) is 0 Å². The molecular formula is C18H13Cl2FN2O2. The second-order valence-corrected chi connectivity index (χ2v) is 6.11. The van der Waals surface area contributed by atoms with Crippen molar-refractivity contribution in [2.75, 3.05) is 5.32 Å². The van der Waals surface area contributed by atoms with Gasteiger partial charge in [-0.3, -0.25) is 4.79 Å². The van der Waals surface area contributed by atoms with Gasteiger partial charge in [-0.2, -0.15) is 0 Å². The lowest BCUT2D eigenvalue weighted by Crippen LogP contribution is -2.13. The fourth-order valence-electron chi connectivity index (χ4n) is 2.24. The molecule has 3 rings (SSSR count). The van der Waals surface area contributed by atoms with E-state index in [2.05, 4.69) is 10.3 Å². The molecule has 0 bridgehead atoms. The molecule has 1 aromatic heterocycles. The average Bonchev–Trinajstić information content (AvgIpc) is 3.04. The van der Waals surface area contributed by atoms with Gasteiger partial charge in [0, 0.05) is 23.4 Å². The molecule has 25 heavy (non-hydrogen) atoms. The number of oxazole rings is 1. The van der Waals surface area contributed by atoms with Crippen LogP contribution in [-0.2, 0) is 11.2 Å². The lowest BCUT2D eigenvalue weighted by atomic mass is 10.2. The minimum absolute atomic E-state index is 0.114. The number of para-hydroxylation sites is 1. The van der Waals surface area contributed by atoms with Crippen LogP contribution in [0, 0.1) is 5.82 Å². The monoisotopic (exact) mass is 378 g/mol. The third-order valence-electron chi connectivity index (χ3n) is 3.46. The van der Waals surface area contributed by atoms with Gasteiger partial charge < -0.3 is 9.73 Å². The summed E-state index contributed by atoms with van der Waals surface area (Å²) < 4.78 is 19.1. The fraction of sp³-hybridized carbons (Fsp3) is 0.111. The van der Waals surface area contributed by atoms with Crippen molar-refractivity contribution in [1.82, 2.24) is 4.98 Å². The summed E-state index contributed by atoms with van der Waals surface area (Å²) in [6.07, 6.45) is 1.94. The van der Waals surface area contributed by atoms with Crippen molar-refractivity contribution in [1.29, 1.82) is 0 Å². The number of hydrogen-bond acceptors (Lipinski definition) is 3. The Morgan fingerprint density at radius 2 is 2.00 bits per heavy atom. The predicted octanol–water partition coefficient (Wildman–Crippen LogP) is 5.36. The lowest BCUT2D eigenvalue weighted by molar-refractivity contribution is -0.116. The SMILES string of the molecule is O=C(CCc1ncc(-c2ccc(Cl)cc2Cl)o1)Nc1ccccc1F. The van der Waals surface area contributed by atoms with Crippen molar-refractivity contribution < 1.29 is 13.6 Å². The summed E-state index contributed by atoms with van der Waals surface area (Å²) in [5.41, 5.74) is 0.814. The molecule has 2 aromatic carbocycles. The van der Waals surface area contributed by atoms with Crippen LogP contribution < -0.4 is 5.32 Å². The molecule has 1 amide bonds. The predicted molar refractivity (Wildman–Crippen MR) is 95.3 cm³/mol. The number of aryl methyl sites for hydroxylation is 1. The molecule has 0 unspecified atom stereocenters. The first-order valence-electron chi connectivity index (χ1n) is 7.47. The van der Waals surface area contributed by atoms with E-state index >= 15 is 0 Å². The summed E-state index contributed by atoms with van der Waals surface area (Å²) in [6.45, 7) is 0. The zero-order valence-electron chi connectivity index (χ0n) is 12.9. The molecule has 0 saturated carbocycles. The van der Waals surface area contributed by atoms with Crippen molar-refractivity contribution in [2.45, 2.75) is 12.8 Å². The first-order chi connectivity index (χ1) is 12.0. The number of nitrogens with zero attached hydrogens (tertiary/aromatic N) is 1. The van der Waals surface area contributed by atoms with E-state index in [1.807, 2.05) is 0 Å². The van der Waals surface area contributed by atoms with Crippen LogP contribution in [-0.4, -0.2) is 10.9 Å². The number of anilines is 1. The molecule has 0 radical (unpaired) electrons. The van der Waals surface area contributed by atoms with Gasteiger partial charge in [0.15, 0.2) is 11.7 Å². The van der Waals surface area contributed by atoms with E-state index < -0.39 is 5.82 Å². The molecule has 1 heterocycles. The van der Waals surface area contributed by atoms with Crippen LogP contribution in [0.25, 0.3) is 11.3 Å². The van der Waals surface area contributed by atoms with Gasteiger partial charge in [0.1, 0.15) is 5.82 Å². The molecule has 0 atom stereocenters. The van der Waals surface area contributed by atoms with Crippen LogP contribution >= 0.6 is 23.2 Å². The van der Waals surface area contributed by atoms with E-state index in [0.29, 0.717) is 27.3 Å². The van der Waals surface area contributed by atoms with Gasteiger partial charge in [-0.05, 0) is 30.3 Å². The van der Waals surface area contributed by atoms with Crippen LogP contribution in [0.4, 0.5) is 10.1 Å². The molecule has 7 heteroatoms. The van der Waals surface area contributed by atoms with Crippen LogP contribution in [0.15, 0.2) is 53.1 Å². The Balaban J connectivity index is 1.62. The zero-order chi connectivity index (χ0) is 17.8. The average molecular weight is 379 g/mol. The standard InChI is InChI=1S/C18H13Cl2FN2O2/c19-11-5-6-12(13(20)9-11)16-10-22-18(25-16)8-7-17(24)23-15-4-2-1-3-14(15)21/h1-6,9-10H,7-8H2,(H,23,24). The smallest absolute Gasteiger partial charge is 0.224 e. The van der Waals surface area contributed by atoms with Crippen LogP contribution in [0.2, 0.25) is 10.0 Å². The number of aromatic nitrogens is 1. The fourth-order valence-corrected chi connectivity index (χ4v) is 2.74. The summed E-state index contributed by atoms with van der Waals surface area (Å²) in [4.78, 5) is 16.1. The Labute approximate surface area is 153 Å². The number of carbonyl (C=O) groups excluding carboxylic acids is 1. The molecular weight excluding hydrogens is 366 g/mol. The first-order valence-corrected chi connectivity index (χ1v) is 8.23. The minimum Gasteiger partial charge on any atom is -0.441 e. The van der Waals surface area contributed by atoms with E-state index in [1.165, 1.54) is 12.1 Å². The van der Waals surface area contributed by atoms with Gasteiger partial charge in [-0.25, -0.2) is 9.37 Å². The summed E-state index contributed by atoms with van der Waals surface area (Å²) in [6, 6.07) is 11.0. The van der Waals surface area contributed by atoms with Crippen molar-refractivity contribution in [3.63, 3.8) is 0 Å². The Bertz CT molecular complexity index is 912. The Kier molecular flexibility index (Phi) is 5.36. The molecule has 0 fully saturated rings. The molecule has 0 saturated heterocycles. The summed E-state index contributed by atoms with van der Waals surface area (Å²) in [7, 11) is 0. The van der Waals surface area contributed by atoms with Crippen LogP contribution in [0.3, 0.4) is 0 Å². The van der Waals surface area contributed by atoms with E-state index in [4.69, 9.17) is 27.6 Å². The molecule has 0 spiro atoms. The third-order valence-corrected chi connectivity index (χ3v) is 4.01. The van der Waals surface area contributed by atoms with Gasteiger partial charge in [0.05, 0.1) is 16.9 Å². The summed E-state index contributed by atoms with van der Waals surface area (Å²) in [5.74, 6) is 0.0805. The quantitative estimate of drug-likeness (QED) is 0.650. The number of halogens is 3. The summed E-state index contributed by atoms with van der Waals surface area (Å²) >= 11 is 12.0. The number of rotatable bonds is 5. The van der Waals surface area contributed by atoms with Gasteiger partial charge in [0.2, 0.25) is 5.91 Å². The molecule has 128 valence electrons. The molecule has 1 N–H and O–H groups in total. The lowest BCUT2D eigenvalue weighted by Gasteiger charge is -2.05. The van der Waals surface area contributed by atoms with Crippen molar-refractivity contribution in [2.24, 2.45) is 0 Å². The Morgan fingerprint density at radius 1 is 1.20 bits per heavy atom. The highest BCUT2D eigenvalue weighted by atomic mass is 35.5. The molecule has 0 aliphatic rings. The zero-order valence-corrected chi connectivity index (χ0v) is 14.4. The van der Waals surface area contributed by atoms with Crippen molar-refractivity contribution in [3.05, 3.63) is 70.4 Å². The second kappa shape index (κ2) is 7.68. The number of benzene rings is 2. The first kappa shape index (κ1) is 17.5. The number of carbonyl (C=O) groups is 1. The van der Waals surface area contributed by atoms with Gasteiger partial charge >= 0.3 is 0 Å². The van der Waals surface area contributed by atoms with Crippen LogP contribution in [0.1, 0.15) is 12.3 Å².